The molecule has 2 aromatic carbocycles. The van der Waals surface area contributed by atoms with E-state index in [1.54, 1.807) is 48.5 Å². The molecule has 0 aliphatic carbocycles. The number of ketones is 1. The SMILES string of the molecule is O=C(CC1SC(=O)N(c2ccccc2)C1=O)c1ccc(Br)cc1. The molecular weight excluding hydrogens is 378 g/mol. The van der Waals surface area contributed by atoms with Crippen molar-refractivity contribution in [2.45, 2.75) is 11.7 Å². The summed E-state index contributed by atoms with van der Waals surface area (Å²) >= 11 is 4.22. The van der Waals surface area contributed by atoms with Crippen LogP contribution >= 0.6 is 27.7 Å². The zero-order valence-corrected chi connectivity index (χ0v) is 14.3. The molecule has 2 aromatic rings. The van der Waals surface area contributed by atoms with Crippen LogP contribution in [0.4, 0.5) is 10.5 Å². The molecule has 0 aromatic heterocycles. The fourth-order valence-corrected chi connectivity index (χ4v) is 3.57. The summed E-state index contributed by atoms with van der Waals surface area (Å²) in [6.45, 7) is 0. The van der Waals surface area contributed by atoms with Crippen LogP contribution in [0.15, 0.2) is 59.1 Å². The van der Waals surface area contributed by atoms with Crippen LogP contribution in [0.1, 0.15) is 16.8 Å². The van der Waals surface area contributed by atoms with Crippen molar-refractivity contribution in [3.05, 3.63) is 64.6 Å². The number of thioether (sulfide) groups is 1. The quantitative estimate of drug-likeness (QED) is 0.731. The largest absolute Gasteiger partial charge is 0.294 e. The summed E-state index contributed by atoms with van der Waals surface area (Å²) < 4.78 is 0.880. The molecule has 2 amide bonds. The number of anilines is 1. The third-order valence-electron chi connectivity index (χ3n) is 3.47. The molecule has 0 bridgehead atoms. The zero-order valence-electron chi connectivity index (χ0n) is 11.9. The highest BCUT2D eigenvalue weighted by molar-refractivity contribution is 9.10. The second kappa shape index (κ2) is 6.68. The van der Waals surface area contributed by atoms with Crippen LogP contribution in [0.2, 0.25) is 0 Å². The molecule has 0 spiro atoms. The third kappa shape index (κ3) is 3.38. The first kappa shape index (κ1) is 16.0. The van der Waals surface area contributed by atoms with Crippen molar-refractivity contribution >= 4 is 50.3 Å². The van der Waals surface area contributed by atoms with E-state index < -0.39 is 5.25 Å². The van der Waals surface area contributed by atoms with E-state index in [1.165, 1.54) is 0 Å². The lowest BCUT2D eigenvalue weighted by Gasteiger charge is -2.13. The van der Waals surface area contributed by atoms with Gasteiger partial charge in [0, 0.05) is 16.5 Å². The number of carbonyl (C=O) groups excluding carboxylic acids is 3. The predicted octanol–water partition coefficient (Wildman–Crippen LogP) is 4.29. The van der Waals surface area contributed by atoms with Crippen molar-refractivity contribution in [3.63, 3.8) is 0 Å². The first-order chi connectivity index (χ1) is 11.1. The number of hydrogen-bond donors (Lipinski definition) is 0. The smallest absolute Gasteiger partial charge is 0.293 e. The van der Waals surface area contributed by atoms with Gasteiger partial charge in [0.05, 0.1) is 5.69 Å². The highest BCUT2D eigenvalue weighted by atomic mass is 79.9. The summed E-state index contributed by atoms with van der Waals surface area (Å²) in [5.74, 6) is -0.484. The van der Waals surface area contributed by atoms with Gasteiger partial charge in [-0.25, -0.2) is 4.90 Å². The first-order valence-corrected chi connectivity index (χ1v) is 8.62. The van der Waals surface area contributed by atoms with Gasteiger partial charge < -0.3 is 0 Å². The Bertz CT molecular complexity index is 761. The molecule has 1 aliphatic heterocycles. The van der Waals surface area contributed by atoms with Crippen LogP contribution < -0.4 is 4.90 Å². The van der Waals surface area contributed by atoms with Crippen molar-refractivity contribution < 1.29 is 14.4 Å². The van der Waals surface area contributed by atoms with Crippen LogP contribution in [0.3, 0.4) is 0 Å². The molecule has 116 valence electrons. The van der Waals surface area contributed by atoms with Crippen LogP contribution in [0.25, 0.3) is 0 Å². The summed E-state index contributed by atoms with van der Waals surface area (Å²) in [4.78, 5) is 38.0. The number of rotatable bonds is 4. The van der Waals surface area contributed by atoms with Gasteiger partial charge in [-0.2, -0.15) is 0 Å². The lowest BCUT2D eigenvalue weighted by molar-refractivity contribution is -0.117. The molecule has 1 heterocycles. The van der Waals surface area contributed by atoms with Gasteiger partial charge >= 0.3 is 0 Å². The molecule has 6 heteroatoms. The van der Waals surface area contributed by atoms with Crippen molar-refractivity contribution in [2.24, 2.45) is 0 Å². The molecule has 4 nitrogen and oxygen atoms in total. The monoisotopic (exact) mass is 389 g/mol. The molecule has 0 saturated carbocycles. The number of nitrogens with zero attached hydrogens (tertiary/aromatic N) is 1. The zero-order chi connectivity index (χ0) is 16.4. The second-order valence-electron chi connectivity index (χ2n) is 5.02. The molecule has 1 unspecified atom stereocenters. The number of benzene rings is 2. The normalized spacial score (nSPS) is 17.6. The van der Waals surface area contributed by atoms with E-state index in [0.717, 1.165) is 21.1 Å². The minimum Gasteiger partial charge on any atom is -0.294 e. The van der Waals surface area contributed by atoms with Crippen LogP contribution in [-0.4, -0.2) is 22.2 Å². The molecule has 1 aliphatic rings. The molecule has 1 fully saturated rings. The molecular formula is C17H12BrNO3S. The van der Waals surface area contributed by atoms with Crippen LogP contribution in [0.5, 0.6) is 0 Å². The van der Waals surface area contributed by atoms with E-state index >= 15 is 0 Å². The highest BCUT2D eigenvalue weighted by Crippen LogP contribution is 2.33. The fraction of sp³-hybridized carbons (Fsp3) is 0.118. The molecule has 1 atom stereocenters. The summed E-state index contributed by atoms with van der Waals surface area (Å²) in [6.07, 6.45) is 0.0141. The average Bonchev–Trinajstić information content (AvgIpc) is 2.82. The molecule has 0 N–H and O–H groups in total. The van der Waals surface area contributed by atoms with E-state index in [2.05, 4.69) is 15.9 Å². The summed E-state index contributed by atoms with van der Waals surface area (Å²) in [5, 5.41) is -1.01. The number of hydrogen-bond acceptors (Lipinski definition) is 4. The highest BCUT2D eigenvalue weighted by Gasteiger charge is 2.41. The molecule has 3 rings (SSSR count). The van der Waals surface area contributed by atoms with Crippen LogP contribution in [0, 0.1) is 0 Å². The topological polar surface area (TPSA) is 54.5 Å². The van der Waals surface area contributed by atoms with Gasteiger partial charge in [-0.1, -0.05) is 58.0 Å². The van der Waals surface area contributed by atoms with E-state index in [0.29, 0.717) is 11.3 Å². The predicted molar refractivity (Wildman–Crippen MR) is 93.8 cm³/mol. The standard InChI is InChI=1S/C17H12BrNO3S/c18-12-8-6-11(7-9-12)14(20)10-15-16(21)19(17(22)23-15)13-4-2-1-3-5-13/h1-9,15H,10H2. The maximum Gasteiger partial charge on any atom is 0.293 e. The van der Waals surface area contributed by atoms with Crippen molar-refractivity contribution in [3.8, 4) is 0 Å². The lowest BCUT2D eigenvalue weighted by Crippen LogP contribution is -2.32. The molecule has 0 radical (unpaired) electrons. The number of para-hydroxylation sites is 1. The van der Waals surface area contributed by atoms with Crippen LogP contribution in [-0.2, 0) is 4.79 Å². The van der Waals surface area contributed by atoms with Crippen molar-refractivity contribution in [2.75, 3.05) is 4.90 Å². The number of Topliss-reactive ketones (excluding diaryl/α,β-unsaturated/α-hetero) is 1. The van der Waals surface area contributed by atoms with E-state index in [9.17, 15) is 14.4 Å². The number of carbonyl (C=O) groups is 3. The molecule has 23 heavy (non-hydrogen) atoms. The van der Waals surface area contributed by atoms with Gasteiger partial charge in [-0.05, 0) is 24.3 Å². The van der Waals surface area contributed by atoms with E-state index in [4.69, 9.17) is 0 Å². The minimum absolute atomic E-state index is 0.0141. The van der Waals surface area contributed by atoms with Gasteiger partial charge in [-0.15, -0.1) is 0 Å². The Hall–Kier alpha value is -1.92. The average molecular weight is 390 g/mol. The number of halogens is 1. The van der Waals surface area contributed by atoms with Crippen molar-refractivity contribution in [1.82, 2.24) is 0 Å². The lowest BCUT2D eigenvalue weighted by atomic mass is 10.1. The summed E-state index contributed by atoms with van der Waals surface area (Å²) in [6, 6.07) is 15.7. The number of imide groups is 1. The van der Waals surface area contributed by atoms with Gasteiger partial charge in [0.1, 0.15) is 5.25 Å². The first-order valence-electron chi connectivity index (χ1n) is 6.94. The maximum atomic E-state index is 12.5. The van der Waals surface area contributed by atoms with E-state index in [1.807, 2.05) is 6.07 Å². The third-order valence-corrected chi connectivity index (χ3v) is 5.04. The Balaban J connectivity index is 1.75. The summed E-state index contributed by atoms with van der Waals surface area (Å²) in [5.41, 5.74) is 1.07. The second-order valence-corrected chi connectivity index (χ2v) is 7.09. The Labute approximate surface area is 146 Å². The molecule has 1 saturated heterocycles. The maximum absolute atomic E-state index is 12.5. The van der Waals surface area contributed by atoms with Gasteiger partial charge in [0.25, 0.3) is 5.24 Å². The van der Waals surface area contributed by atoms with Gasteiger partial charge in [0.2, 0.25) is 5.91 Å². The Morgan fingerprint density at radius 2 is 1.70 bits per heavy atom. The summed E-state index contributed by atoms with van der Waals surface area (Å²) in [7, 11) is 0. The Morgan fingerprint density at radius 3 is 2.35 bits per heavy atom. The van der Waals surface area contributed by atoms with Gasteiger partial charge in [-0.3, -0.25) is 14.4 Å². The van der Waals surface area contributed by atoms with Gasteiger partial charge in [0.15, 0.2) is 5.78 Å². The number of amides is 2. The Morgan fingerprint density at radius 1 is 1.04 bits per heavy atom. The van der Waals surface area contributed by atoms with Crippen molar-refractivity contribution in [1.29, 1.82) is 0 Å². The Kier molecular flexibility index (Phi) is 4.63. The van der Waals surface area contributed by atoms with E-state index in [-0.39, 0.29) is 23.4 Å². The fourth-order valence-electron chi connectivity index (χ4n) is 2.32. The minimum atomic E-state index is -0.668.